The van der Waals surface area contributed by atoms with E-state index in [0.29, 0.717) is 12.1 Å². The highest BCUT2D eigenvalue weighted by Crippen LogP contribution is 2.24. The Morgan fingerprint density at radius 1 is 0.833 bits per heavy atom. The van der Waals surface area contributed by atoms with Crippen LogP contribution in [0.4, 0.5) is 0 Å². The molecule has 30 heavy (non-hydrogen) atoms. The molecule has 0 saturated heterocycles. The van der Waals surface area contributed by atoms with Crippen molar-refractivity contribution in [2.75, 3.05) is 6.61 Å². The van der Waals surface area contributed by atoms with Crippen molar-refractivity contribution in [1.29, 1.82) is 0 Å². The van der Waals surface area contributed by atoms with Crippen molar-refractivity contribution in [2.24, 2.45) is 0 Å². The van der Waals surface area contributed by atoms with Crippen molar-refractivity contribution in [3.05, 3.63) is 59.7 Å². The van der Waals surface area contributed by atoms with Crippen LogP contribution in [0.15, 0.2) is 48.5 Å². The van der Waals surface area contributed by atoms with Crippen molar-refractivity contribution >= 4 is 58.2 Å². The van der Waals surface area contributed by atoms with Crippen LogP contribution in [0.1, 0.15) is 17.2 Å². The standard InChI is InChI=1S/C20H20Cl4N2O4/c21-17(22)19(29)25-9-11-1-3-12(4-2-11)13-5-7-14(8-6-13)16(28)15(10-27)26-20(30)18(23)24/h1-8,15-18,27-28H,9-10H2,(H,25,29)(H,26,30). The van der Waals surface area contributed by atoms with E-state index in [4.69, 9.17) is 46.4 Å². The number of alkyl halides is 4. The molecule has 2 amide bonds. The van der Waals surface area contributed by atoms with Gasteiger partial charge in [0.25, 0.3) is 11.8 Å². The van der Waals surface area contributed by atoms with Crippen LogP contribution in [0, 0.1) is 0 Å². The number of carbonyl (C=O) groups is 2. The van der Waals surface area contributed by atoms with Crippen LogP contribution in [-0.2, 0) is 16.1 Å². The van der Waals surface area contributed by atoms with Gasteiger partial charge in [-0.25, -0.2) is 0 Å². The Labute approximate surface area is 194 Å². The maximum absolute atomic E-state index is 11.6. The molecule has 0 fully saturated rings. The van der Waals surface area contributed by atoms with Gasteiger partial charge in [0.2, 0.25) is 0 Å². The molecular weight excluding hydrogens is 474 g/mol. The molecule has 0 radical (unpaired) electrons. The van der Waals surface area contributed by atoms with Gasteiger partial charge in [-0.2, -0.15) is 0 Å². The summed E-state index contributed by atoms with van der Waals surface area (Å²) in [6.07, 6.45) is -1.14. The van der Waals surface area contributed by atoms with Crippen molar-refractivity contribution < 1.29 is 19.8 Å². The number of carbonyl (C=O) groups excluding carboxylic acids is 2. The first-order chi connectivity index (χ1) is 14.2. The second-order valence-corrected chi connectivity index (χ2v) is 8.57. The highest BCUT2D eigenvalue weighted by molar-refractivity contribution is 6.53. The summed E-state index contributed by atoms with van der Waals surface area (Å²) in [7, 11) is 0. The molecule has 2 aromatic carbocycles. The summed E-state index contributed by atoms with van der Waals surface area (Å²) in [4.78, 5) is 20.6. The van der Waals surface area contributed by atoms with Crippen LogP contribution in [0.3, 0.4) is 0 Å². The van der Waals surface area contributed by atoms with E-state index < -0.39 is 40.2 Å². The molecule has 2 aromatic rings. The number of aliphatic hydroxyl groups excluding tert-OH is 2. The number of hydrogen-bond donors (Lipinski definition) is 4. The predicted molar refractivity (Wildman–Crippen MR) is 119 cm³/mol. The number of hydrogen-bond acceptors (Lipinski definition) is 4. The summed E-state index contributed by atoms with van der Waals surface area (Å²) in [5, 5.41) is 24.9. The molecule has 2 unspecified atom stereocenters. The average Bonchev–Trinajstić information content (AvgIpc) is 2.75. The summed E-state index contributed by atoms with van der Waals surface area (Å²) in [5.41, 5.74) is 3.22. The summed E-state index contributed by atoms with van der Waals surface area (Å²) in [6, 6.07) is 13.6. The fourth-order valence-corrected chi connectivity index (χ4v) is 2.94. The van der Waals surface area contributed by atoms with Crippen molar-refractivity contribution in [3.8, 4) is 11.1 Å². The van der Waals surface area contributed by atoms with Gasteiger partial charge in [0.15, 0.2) is 9.67 Å². The van der Waals surface area contributed by atoms with Crippen molar-refractivity contribution in [1.82, 2.24) is 10.6 Å². The van der Waals surface area contributed by atoms with Crippen LogP contribution in [0.25, 0.3) is 11.1 Å². The normalized spacial score (nSPS) is 13.2. The molecule has 0 aliphatic heterocycles. The van der Waals surface area contributed by atoms with Crippen LogP contribution in [0.5, 0.6) is 0 Å². The molecule has 0 aliphatic rings. The van der Waals surface area contributed by atoms with Gasteiger partial charge in [-0.15, -0.1) is 0 Å². The third-order valence-electron chi connectivity index (χ3n) is 4.31. The van der Waals surface area contributed by atoms with Crippen LogP contribution in [-0.4, -0.2) is 44.3 Å². The first-order valence-electron chi connectivity index (χ1n) is 8.85. The van der Waals surface area contributed by atoms with E-state index >= 15 is 0 Å². The van der Waals surface area contributed by atoms with Gasteiger partial charge < -0.3 is 20.8 Å². The molecule has 0 aliphatic carbocycles. The van der Waals surface area contributed by atoms with Crippen LogP contribution < -0.4 is 10.6 Å². The molecule has 0 spiro atoms. The SMILES string of the molecule is O=C(NCc1ccc(-c2ccc(C(O)C(CO)NC(=O)C(Cl)Cl)cc2)cc1)C(Cl)Cl. The predicted octanol–water partition coefficient (Wildman–Crippen LogP) is 3.09. The second kappa shape index (κ2) is 11.7. The van der Waals surface area contributed by atoms with Gasteiger partial charge in [-0.1, -0.05) is 94.9 Å². The van der Waals surface area contributed by atoms with E-state index in [-0.39, 0.29) is 0 Å². The van der Waals surface area contributed by atoms with E-state index in [1.807, 2.05) is 36.4 Å². The highest BCUT2D eigenvalue weighted by Gasteiger charge is 2.24. The van der Waals surface area contributed by atoms with Gasteiger partial charge in [-0.05, 0) is 22.3 Å². The Morgan fingerprint density at radius 3 is 1.80 bits per heavy atom. The molecule has 10 heteroatoms. The molecule has 6 nitrogen and oxygen atoms in total. The number of nitrogens with one attached hydrogen (secondary N) is 2. The highest BCUT2D eigenvalue weighted by atomic mass is 35.5. The Morgan fingerprint density at radius 2 is 1.33 bits per heavy atom. The Hall–Kier alpha value is -1.54. The fraction of sp³-hybridized carbons (Fsp3) is 0.300. The molecule has 0 heterocycles. The number of amides is 2. The zero-order valence-electron chi connectivity index (χ0n) is 15.6. The van der Waals surface area contributed by atoms with Gasteiger partial charge in [0, 0.05) is 6.54 Å². The fourth-order valence-electron chi connectivity index (χ4n) is 2.66. The first kappa shape index (κ1) is 24.7. The lowest BCUT2D eigenvalue weighted by Gasteiger charge is -2.23. The Balaban J connectivity index is 2.04. The van der Waals surface area contributed by atoms with Crippen LogP contribution >= 0.6 is 46.4 Å². The zero-order valence-corrected chi connectivity index (χ0v) is 18.6. The minimum Gasteiger partial charge on any atom is -0.394 e. The number of aliphatic hydroxyl groups is 2. The molecule has 162 valence electrons. The van der Waals surface area contributed by atoms with E-state index in [9.17, 15) is 19.8 Å². The van der Waals surface area contributed by atoms with E-state index in [1.165, 1.54) is 0 Å². The van der Waals surface area contributed by atoms with E-state index in [2.05, 4.69) is 10.6 Å². The summed E-state index contributed by atoms with van der Waals surface area (Å²) in [6.45, 7) is -0.179. The Kier molecular flexibility index (Phi) is 9.68. The average molecular weight is 494 g/mol. The third-order valence-corrected chi connectivity index (χ3v) is 5.10. The lowest BCUT2D eigenvalue weighted by molar-refractivity contribution is -0.121. The molecule has 0 bridgehead atoms. The minimum atomic E-state index is -1.30. The van der Waals surface area contributed by atoms with Gasteiger partial charge >= 0.3 is 0 Å². The number of halogens is 4. The summed E-state index contributed by atoms with van der Waals surface area (Å²) >= 11 is 22.0. The largest absolute Gasteiger partial charge is 0.394 e. The Bertz CT molecular complexity index is 845. The molecule has 4 N–H and O–H groups in total. The monoisotopic (exact) mass is 492 g/mol. The van der Waals surface area contributed by atoms with Gasteiger partial charge in [0.05, 0.1) is 12.6 Å². The smallest absolute Gasteiger partial charge is 0.253 e. The third kappa shape index (κ3) is 7.01. The molecule has 0 aromatic heterocycles. The maximum atomic E-state index is 11.6. The molecular formula is C20H20Cl4N2O4. The summed E-state index contributed by atoms with van der Waals surface area (Å²) in [5.74, 6) is -1.15. The first-order valence-corrected chi connectivity index (χ1v) is 10.6. The van der Waals surface area contributed by atoms with Crippen molar-refractivity contribution in [2.45, 2.75) is 28.4 Å². The topological polar surface area (TPSA) is 98.7 Å². The van der Waals surface area contributed by atoms with E-state index in [0.717, 1.165) is 16.7 Å². The minimum absolute atomic E-state index is 0.305. The molecule has 2 rings (SSSR count). The second-order valence-electron chi connectivity index (χ2n) is 6.38. The summed E-state index contributed by atoms with van der Waals surface area (Å²) < 4.78 is 0. The van der Waals surface area contributed by atoms with Gasteiger partial charge in [-0.3, -0.25) is 9.59 Å². The van der Waals surface area contributed by atoms with Crippen LogP contribution in [0.2, 0.25) is 0 Å². The lowest BCUT2D eigenvalue weighted by Crippen LogP contribution is -2.44. The van der Waals surface area contributed by atoms with Crippen molar-refractivity contribution in [3.63, 3.8) is 0 Å². The number of rotatable bonds is 9. The zero-order chi connectivity index (χ0) is 22.3. The van der Waals surface area contributed by atoms with E-state index in [1.54, 1.807) is 12.1 Å². The molecule has 2 atom stereocenters. The lowest BCUT2D eigenvalue weighted by atomic mass is 9.98. The quantitative estimate of drug-likeness (QED) is 0.403. The number of benzene rings is 2. The van der Waals surface area contributed by atoms with Gasteiger partial charge in [0.1, 0.15) is 6.10 Å². The molecule has 0 saturated carbocycles. The maximum Gasteiger partial charge on any atom is 0.253 e.